The molecule has 23 heavy (non-hydrogen) atoms. The maximum atomic E-state index is 13.1. The first-order chi connectivity index (χ1) is 10.9. The predicted octanol–water partition coefficient (Wildman–Crippen LogP) is 2.43. The number of aromatic nitrogens is 2. The van der Waals surface area contributed by atoms with Crippen LogP contribution in [0.4, 0.5) is 10.1 Å². The van der Waals surface area contributed by atoms with Crippen molar-refractivity contribution < 1.29 is 9.18 Å². The molecule has 1 aromatic carbocycles. The molecule has 0 saturated heterocycles. The van der Waals surface area contributed by atoms with E-state index in [1.54, 1.807) is 13.1 Å². The molecule has 1 N–H and O–H groups in total. The van der Waals surface area contributed by atoms with Crippen LogP contribution in [0.25, 0.3) is 0 Å². The molecule has 2 aromatic rings. The molecule has 0 saturated carbocycles. The minimum Gasteiger partial charge on any atom is -0.325 e. The molecule has 0 spiro atoms. The number of hydrogen-bond donors (Lipinski definition) is 1. The van der Waals surface area contributed by atoms with Crippen LogP contribution in [0.5, 0.6) is 0 Å². The fraction of sp³-hybridized carbons (Fsp3) is 0.312. The molecule has 0 aliphatic heterocycles. The van der Waals surface area contributed by atoms with Crippen molar-refractivity contribution in [3.8, 4) is 0 Å². The van der Waals surface area contributed by atoms with E-state index < -0.39 is 0 Å². The number of benzene rings is 1. The molecule has 0 fully saturated rings. The van der Waals surface area contributed by atoms with Gasteiger partial charge in [0.1, 0.15) is 5.82 Å². The molecule has 1 unspecified atom stereocenters. The van der Waals surface area contributed by atoms with Crippen molar-refractivity contribution in [3.05, 3.63) is 56.2 Å². The summed E-state index contributed by atoms with van der Waals surface area (Å²) in [6.45, 7) is 0. The van der Waals surface area contributed by atoms with Crippen molar-refractivity contribution in [2.24, 2.45) is 13.0 Å². The van der Waals surface area contributed by atoms with E-state index in [0.717, 1.165) is 11.3 Å². The van der Waals surface area contributed by atoms with E-state index in [1.165, 1.54) is 22.9 Å². The van der Waals surface area contributed by atoms with Gasteiger partial charge in [0.2, 0.25) is 5.91 Å². The van der Waals surface area contributed by atoms with Gasteiger partial charge in [-0.3, -0.25) is 9.59 Å². The lowest BCUT2D eigenvalue weighted by Gasteiger charge is -2.23. The van der Waals surface area contributed by atoms with Gasteiger partial charge in [0.05, 0.1) is 11.4 Å². The standard InChI is InChI=1S/C16H15BrFN3O2/c1-21-15(22)7-10-6-9(2-4-13(10)20-21)16(23)19-14-5-3-11(18)8-12(14)17/h3,5,7-9H,2,4,6H2,1H3,(H,19,23). The van der Waals surface area contributed by atoms with Gasteiger partial charge in [0.15, 0.2) is 0 Å². The lowest BCUT2D eigenvalue weighted by atomic mass is 9.86. The van der Waals surface area contributed by atoms with Crippen molar-refractivity contribution in [2.45, 2.75) is 19.3 Å². The summed E-state index contributed by atoms with van der Waals surface area (Å²) in [5.74, 6) is -0.736. The summed E-state index contributed by atoms with van der Waals surface area (Å²) in [4.78, 5) is 24.1. The Balaban J connectivity index is 1.76. The number of hydrogen-bond acceptors (Lipinski definition) is 3. The predicted molar refractivity (Wildman–Crippen MR) is 87.7 cm³/mol. The Morgan fingerprint density at radius 3 is 2.96 bits per heavy atom. The molecular formula is C16H15BrFN3O2. The van der Waals surface area contributed by atoms with Crippen LogP contribution >= 0.6 is 15.9 Å². The van der Waals surface area contributed by atoms with Gasteiger partial charge in [0.25, 0.3) is 5.56 Å². The first kappa shape index (κ1) is 15.9. The molecule has 1 heterocycles. The third kappa shape index (κ3) is 3.34. The highest BCUT2D eigenvalue weighted by molar-refractivity contribution is 9.10. The normalized spacial score (nSPS) is 16.7. The third-order valence-corrected chi connectivity index (χ3v) is 4.67. The van der Waals surface area contributed by atoms with E-state index in [-0.39, 0.29) is 23.2 Å². The van der Waals surface area contributed by atoms with Crippen LogP contribution in [0.15, 0.2) is 33.5 Å². The van der Waals surface area contributed by atoms with E-state index in [0.29, 0.717) is 29.4 Å². The first-order valence-electron chi connectivity index (χ1n) is 7.26. The second-order valence-electron chi connectivity index (χ2n) is 5.63. The van der Waals surface area contributed by atoms with Gasteiger partial charge in [-0.15, -0.1) is 0 Å². The van der Waals surface area contributed by atoms with Crippen molar-refractivity contribution in [3.63, 3.8) is 0 Å². The van der Waals surface area contributed by atoms with Crippen molar-refractivity contribution >= 4 is 27.5 Å². The zero-order valence-corrected chi connectivity index (χ0v) is 14.1. The van der Waals surface area contributed by atoms with Gasteiger partial charge < -0.3 is 5.32 Å². The SMILES string of the molecule is Cn1nc2c(cc1=O)CC(C(=O)Nc1ccc(F)cc1Br)CC2. The number of fused-ring (bicyclic) bond motifs is 1. The van der Waals surface area contributed by atoms with E-state index in [2.05, 4.69) is 26.3 Å². The average Bonchev–Trinajstić information content (AvgIpc) is 2.50. The molecule has 0 bridgehead atoms. The number of anilines is 1. The molecule has 1 aliphatic carbocycles. The summed E-state index contributed by atoms with van der Waals surface area (Å²) in [6.07, 6.45) is 1.82. The average molecular weight is 380 g/mol. The summed E-state index contributed by atoms with van der Waals surface area (Å²) >= 11 is 3.23. The van der Waals surface area contributed by atoms with Crippen LogP contribution in [0.1, 0.15) is 17.7 Å². The zero-order chi connectivity index (χ0) is 16.6. The van der Waals surface area contributed by atoms with Gasteiger partial charge in [-0.2, -0.15) is 5.10 Å². The Hall–Kier alpha value is -2.02. The molecule has 1 atom stereocenters. The Morgan fingerprint density at radius 2 is 2.22 bits per heavy atom. The quantitative estimate of drug-likeness (QED) is 0.871. The summed E-state index contributed by atoms with van der Waals surface area (Å²) in [6, 6.07) is 5.67. The molecule has 1 amide bonds. The topological polar surface area (TPSA) is 64.0 Å². The smallest absolute Gasteiger partial charge is 0.266 e. The van der Waals surface area contributed by atoms with Crippen LogP contribution in [0, 0.1) is 11.7 Å². The Labute approximate surface area is 140 Å². The Morgan fingerprint density at radius 1 is 1.43 bits per heavy atom. The number of halogens is 2. The molecule has 1 aromatic heterocycles. The number of amides is 1. The van der Waals surface area contributed by atoms with E-state index in [9.17, 15) is 14.0 Å². The van der Waals surface area contributed by atoms with Crippen molar-refractivity contribution in [1.82, 2.24) is 9.78 Å². The first-order valence-corrected chi connectivity index (χ1v) is 8.05. The van der Waals surface area contributed by atoms with Gasteiger partial charge in [-0.1, -0.05) is 0 Å². The monoisotopic (exact) mass is 379 g/mol. The zero-order valence-electron chi connectivity index (χ0n) is 12.5. The molecule has 5 nitrogen and oxygen atoms in total. The molecule has 3 rings (SSSR count). The van der Waals surface area contributed by atoms with Crippen LogP contribution in [0.2, 0.25) is 0 Å². The maximum Gasteiger partial charge on any atom is 0.266 e. The minimum atomic E-state index is -0.372. The third-order valence-electron chi connectivity index (χ3n) is 4.01. The van der Waals surface area contributed by atoms with Crippen molar-refractivity contribution in [2.75, 3.05) is 5.32 Å². The highest BCUT2D eigenvalue weighted by Gasteiger charge is 2.26. The molecule has 120 valence electrons. The minimum absolute atomic E-state index is 0.136. The summed E-state index contributed by atoms with van der Waals surface area (Å²) in [5.41, 5.74) is 2.06. The number of nitrogens with zero attached hydrogens (tertiary/aromatic N) is 2. The van der Waals surface area contributed by atoms with E-state index >= 15 is 0 Å². The summed E-state index contributed by atoms with van der Waals surface area (Å²) in [5, 5.41) is 7.05. The molecule has 0 radical (unpaired) electrons. The van der Waals surface area contributed by atoms with Gasteiger partial charge in [0, 0.05) is 23.5 Å². The Kier molecular flexibility index (Phi) is 4.30. The van der Waals surface area contributed by atoms with Crippen LogP contribution in [-0.2, 0) is 24.7 Å². The van der Waals surface area contributed by atoms with E-state index in [1.807, 2.05) is 0 Å². The van der Waals surface area contributed by atoms with Crippen LogP contribution in [0.3, 0.4) is 0 Å². The summed E-state index contributed by atoms with van der Waals surface area (Å²) in [7, 11) is 1.62. The lowest BCUT2D eigenvalue weighted by Crippen LogP contribution is -2.31. The van der Waals surface area contributed by atoms with Gasteiger partial charge in [-0.25, -0.2) is 9.07 Å². The second-order valence-corrected chi connectivity index (χ2v) is 6.49. The van der Waals surface area contributed by atoms with Crippen LogP contribution in [-0.4, -0.2) is 15.7 Å². The molecule has 7 heteroatoms. The number of nitrogens with one attached hydrogen (secondary N) is 1. The van der Waals surface area contributed by atoms with Crippen LogP contribution < -0.4 is 10.9 Å². The summed E-state index contributed by atoms with van der Waals surface area (Å²) < 4.78 is 14.9. The highest BCUT2D eigenvalue weighted by Crippen LogP contribution is 2.27. The molecule has 1 aliphatic rings. The number of aryl methyl sites for hydroxylation is 2. The van der Waals surface area contributed by atoms with Gasteiger partial charge in [-0.05, 0) is 59.0 Å². The fourth-order valence-electron chi connectivity index (χ4n) is 2.74. The number of carbonyl (C=O) groups is 1. The maximum absolute atomic E-state index is 13.1. The number of rotatable bonds is 2. The highest BCUT2D eigenvalue weighted by atomic mass is 79.9. The number of carbonyl (C=O) groups excluding carboxylic acids is 1. The molecular weight excluding hydrogens is 365 g/mol. The Bertz CT molecular complexity index is 835. The lowest BCUT2D eigenvalue weighted by molar-refractivity contribution is -0.120. The van der Waals surface area contributed by atoms with Gasteiger partial charge >= 0.3 is 0 Å². The van der Waals surface area contributed by atoms with E-state index in [4.69, 9.17) is 0 Å². The van der Waals surface area contributed by atoms with Crippen molar-refractivity contribution in [1.29, 1.82) is 0 Å². The second kappa shape index (κ2) is 6.23. The largest absolute Gasteiger partial charge is 0.325 e. The fourth-order valence-corrected chi connectivity index (χ4v) is 3.19.